The van der Waals surface area contributed by atoms with Crippen LogP contribution in [0.2, 0.25) is 5.02 Å². The van der Waals surface area contributed by atoms with Crippen LogP contribution in [0.4, 0.5) is 11.4 Å². The third-order valence-corrected chi connectivity index (χ3v) is 17.5. The van der Waals surface area contributed by atoms with Gasteiger partial charge in [-0.3, -0.25) is 24.2 Å². The molecule has 14 heteroatoms. The predicted molar refractivity (Wildman–Crippen MR) is 247 cm³/mol. The number of carboxylic acid groups (broad SMARTS) is 1. The molecule has 6 aliphatic rings. The Morgan fingerprint density at radius 1 is 0.750 bits per heavy atom. The molecule has 2 aliphatic heterocycles. The van der Waals surface area contributed by atoms with Crippen LogP contribution in [-0.4, -0.2) is 91.6 Å². The smallest absolute Gasteiger partial charge is 0.309 e. The van der Waals surface area contributed by atoms with Crippen LogP contribution in [0.1, 0.15) is 131 Å². The zero-order valence-corrected chi connectivity index (χ0v) is 38.2. The molecule has 2 aromatic heterocycles. The lowest BCUT2D eigenvalue weighted by molar-refractivity contribution is -0.148. The van der Waals surface area contributed by atoms with E-state index in [2.05, 4.69) is 20.4 Å². The molecule has 0 saturated heterocycles. The van der Waals surface area contributed by atoms with Crippen molar-refractivity contribution >= 4 is 40.8 Å². The largest absolute Gasteiger partial charge is 0.481 e. The van der Waals surface area contributed by atoms with E-state index < -0.39 is 18.4 Å². The first-order valence-electron chi connectivity index (χ1n) is 24.8. The summed E-state index contributed by atoms with van der Waals surface area (Å²) in [5.74, 6) is -0.591. The summed E-state index contributed by atoms with van der Waals surface area (Å²) in [5, 5.41) is 16.4. The zero-order valence-electron chi connectivity index (χ0n) is 40.5. The number of hydrogen-bond donors (Lipinski definition) is 3. The molecule has 0 radical (unpaired) electrons. The minimum absolute atomic E-state index is 0.00417. The molecular formula is C50H63ClN8O5. The Hall–Kier alpha value is -4.56. The highest BCUT2D eigenvalue weighted by Crippen LogP contribution is 2.64. The predicted octanol–water partition coefficient (Wildman–Crippen LogP) is 8.42. The Kier molecular flexibility index (Phi) is 10.2. The van der Waals surface area contributed by atoms with Crippen LogP contribution in [0.3, 0.4) is 0 Å². The van der Waals surface area contributed by atoms with Crippen molar-refractivity contribution in [1.29, 1.82) is 0 Å². The standard InChI is InChI=1S/C50H63ClN8O5/c1-32-33(7-5-9-35(32)54-44(60)42-52-37-28-59(24-12-39(37)56(42)2)26-22-48-17-19-50(30-48,20-18-48)46(62)63)34-8-6-10-36(41(34)51)55-45(61)43-53-38-27-58(23-11-40(38)57(43)3)25-21-47-13-15-49(29-47,16-14-47)31-64-4/h5-10H,11-31H2,1-4H3,(H,54,60)(H,55,61)(H,62,63)/i4D3. The lowest BCUT2D eigenvalue weighted by Gasteiger charge is -2.32. The lowest BCUT2D eigenvalue weighted by atomic mass is 9.80. The Morgan fingerprint density at radius 3 is 1.83 bits per heavy atom. The summed E-state index contributed by atoms with van der Waals surface area (Å²) in [5.41, 5.74) is 7.25. The minimum Gasteiger partial charge on any atom is -0.481 e. The monoisotopic (exact) mass is 893 g/mol. The Bertz CT molecular complexity index is 2620. The average Bonchev–Trinajstić information content (AvgIpc) is 4.16. The topological polar surface area (TPSA) is 147 Å². The normalized spacial score (nSPS) is 28.1. The fraction of sp³-hybridized carbons (Fsp3) is 0.580. The van der Waals surface area contributed by atoms with Crippen molar-refractivity contribution in [1.82, 2.24) is 28.9 Å². The van der Waals surface area contributed by atoms with E-state index in [0.29, 0.717) is 53.3 Å². The molecule has 64 heavy (non-hydrogen) atoms. The second-order valence-corrected chi connectivity index (χ2v) is 21.0. The Balaban J connectivity index is 0.763. The molecule has 0 unspecified atom stereocenters. The zero-order chi connectivity index (χ0) is 47.1. The third-order valence-electron chi connectivity index (χ3n) is 17.0. The first kappa shape index (κ1) is 39.8. The van der Waals surface area contributed by atoms with Gasteiger partial charge in [0.25, 0.3) is 11.8 Å². The second-order valence-electron chi connectivity index (χ2n) is 20.6. The van der Waals surface area contributed by atoms with E-state index in [0.717, 1.165) is 150 Å². The van der Waals surface area contributed by atoms with Gasteiger partial charge < -0.3 is 29.6 Å². The molecule has 4 heterocycles. The number of carbonyl (C=O) groups excluding carboxylic acids is 2. The van der Waals surface area contributed by atoms with Gasteiger partial charge in [0.2, 0.25) is 0 Å². The van der Waals surface area contributed by atoms with E-state index in [1.165, 1.54) is 0 Å². The van der Waals surface area contributed by atoms with Gasteiger partial charge in [0.1, 0.15) is 0 Å². The summed E-state index contributed by atoms with van der Waals surface area (Å²) in [6, 6.07) is 11.2. The number of aromatic nitrogens is 4. The number of carbonyl (C=O) groups is 3. The molecule has 2 amide bonds. The Labute approximate surface area is 385 Å². The number of methoxy groups -OCH3 is 1. The van der Waals surface area contributed by atoms with E-state index in [1.54, 1.807) is 6.07 Å². The quantitative estimate of drug-likeness (QED) is 0.114. The molecule has 4 aliphatic carbocycles. The molecule has 4 bridgehead atoms. The van der Waals surface area contributed by atoms with Crippen molar-refractivity contribution in [2.45, 2.75) is 110 Å². The first-order chi connectivity index (χ1) is 31.9. The summed E-state index contributed by atoms with van der Waals surface area (Å²) < 4.78 is 31.6. The van der Waals surface area contributed by atoms with Gasteiger partial charge in [-0.2, -0.15) is 0 Å². The van der Waals surface area contributed by atoms with E-state index in [4.69, 9.17) is 30.4 Å². The van der Waals surface area contributed by atoms with Gasteiger partial charge in [-0.1, -0.05) is 35.9 Å². The maximum absolute atomic E-state index is 13.9. The molecule has 4 saturated carbocycles. The number of imidazole rings is 2. The van der Waals surface area contributed by atoms with Crippen LogP contribution < -0.4 is 10.6 Å². The number of rotatable bonds is 14. The lowest BCUT2D eigenvalue weighted by Crippen LogP contribution is -2.34. The number of benzene rings is 2. The van der Waals surface area contributed by atoms with E-state index in [1.807, 2.05) is 60.5 Å². The number of nitrogens with zero attached hydrogens (tertiary/aromatic N) is 6. The molecule has 340 valence electrons. The van der Waals surface area contributed by atoms with Crippen molar-refractivity contribution in [2.75, 3.05) is 50.5 Å². The number of amides is 2. The molecule has 13 nitrogen and oxygen atoms in total. The van der Waals surface area contributed by atoms with Crippen molar-refractivity contribution in [3.8, 4) is 11.1 Å². The average molecular weight is 895 g/mol. The van der Waals surface area contributed by atoms with Gasteiger partial charge in [-0.05, 0) is 137 Å². The fourth-order valence-electron chi connectivity index (χ4n) is 13.1. The summed E-state index contributed by atoms with van der Waals surface area (Å²) in [6.45, 7) is 7.18. The van der Waals surface area contributed by atoms with Crippen LogP contribution in [0, 0.1) is 28.6 Å². The molecule has 0 atom stereocenters. The van der Waals surface area contributed by atoms with E-state index >= 15 is 0 Å². The van der Waals surface area contributed by atoms with Crippen LogP contribution in [0.5, 0.6) is 0 Å². The molecule has 10 rings (SSSR count). The van der Waals surface area contributed by atoms with Crippen LogP contribution in [-0.2, 0) is 49.6 Å². The van der Waals surface area contributed by atoms with Crippen LogP contribution >= 0.6 is 11.6 Å². The molecule has 0 spiro atoms. The summed E-state index contributed by atoms with van der Waals surface area (Å²) in [7, 11) is 1.45. The maximum atomic E-state index is 13.9. The Morgan fingerprint density at radius 2 is 1.27 bits per heavy atom. The first-order valence-corrected chi connectivity index (χ1v) is 23.7. The number of halogens is 1. The highest BCUT2D eigenvalue weighted by atomic mass is 35.5. The number of hydrogen-bond acceptors (Lipinski definition) is 8. The number of aliphatic carboxylic acids is 1. The molecule has 4 aromatic rings. The summed E-state index contributed by atoms with van der Waals surface area (Å²) in [6.07, 6.45) is 13.3. The van der Waals surface area contributed by atoms with Crippen molar-refractivity contribution in [2.24, 2.45) is 35.8 Å². The van der Waals surface area contributed by atoms with Crippen molar-refractivity contribution in [3.63, 3.8) is 0 Å². The highest BCUT2D eigenvalue weighted by Gasteiger charge is 2.58. The number of ether oxygens (including phenoxy) is 1. The van der Waals surface area contributed by atoms with Gasteiger partial charge >= 0.3 is 5.97 Å². The summed E-state index contributed by atoms with van der Waals surface area (Å²) in [4.78, 5) is 54.4. The molecule has 4 fully saturated rings. The van der Waals surface area contributed by atoms with Gasteiger partial charge in [-0.25, -0.2) is 9.97 Å². The van der Waals surface area contributed by atoms with E-state index in [-0.39, 0.29) is 28.1 Å². The highest BCUT2D eigenvalue weighted by molar-refractivity contribution is 6.36. The number of anilines is 2. The fourth-order valence-corrected chi connectivity index (χ4v) is 13.4. The van der Waals surface area contributed by atoms with Crippen molar-refractivity contribution < 1.29 is 28.3 Å². The maximum Gasteiger partial charge on any atom is 0.309 e. The van der Waals surface area contributed by atoms with Gasteiger partial charge in [0, 0.05) is 82.8 Å². The van der Waals surface area contributed by atoms with E-state index in [9.17, 15) is 19.5 Å². The van der Waals surface area contributed by atoms with Crippen LogP contribution in [0.25, 0.3) is 11.1 Å². The van der Waals surface area contributed by atoms with Crippen LogP contribution in [0.15, 0.2) is 36.4 Å². The van der Waals surface area contributed by atoms with Gasteiger partial charge in [0.15, 0.2) is 11.6 Å². The number of carboxylic acids is 1. The minimum atomic E-state index is -2.35. The molecular weight excluding hydrogens is 828 g/mol. The molecule has 3 N–H and O–H groups in total. The molecule has 2 aromatic carbocycles. The van der Waals surface area contributed by atoms with Gasteiger partial charge in [-0.15, -0.1) is 0 Å². The van der Waals surface area contributed by atoms with Gasteiger partial charge in [0.05, 0.1) is 38.2 Å². The summed E-state index contributed by atoms with van der Waals surface area (Å²) >= 11 is 7.10. The second kappa shape index (κ2) is 16.4. The SMILES string of the molecule is [2H]C([2H])([2H])OCC12CCC(CCN3CCc4c(nc(C(=O)Nc5cccc(-c6cccc(NC(=O)c7nc8c(n7C)CCN(CCC79CCC(C(=O)O)(CC7)C9)C8)c6C)c5Cl)n4C)C3)(CC1)C2. The number of nitrogens with one attached hydrogen (secondary N) is 2. The third kappa shape index (κ3) is 7.57. The number of fused-ring (bicyclic) bond motifs is 6. The van der Waals surface area contributed by atoms with Crippen molar-refractivity contribution in [3.05, 3.63) is 81.4 Å².